The van der Waals surface area contributed by atoms with Crippen molar-refractivity contribution in [3.8, 4) is 5.75 Å². The molecule has 0 radical (unpaired) electrons. The molecule has 31 heavy (non-hydrogen) atoms. The average molecular weight is 427 g/mol. The number of hydrogen-bond donors (Lipinski definition) is 0. The third-order valence-corrected chi connectivity index (χ3v) is 6.13. The fourth-order valence-corrected chi connectivity index (χ4v) is 4.36. The second-order valence-electron chi connectivity index (χ2n) is 8.91. The minimum absolute atomic E-state index is 0.251. The summed E-state index contributed by atoms with van der Waals surface area (Å²) in [4.78, 5) is 24.0. The van der Waals surface area contributed by atoms with Crippen LogP contribution in [0.2, 0.25) is 0 Å². The van der Waals surface area contributed by atoms with Crippen LogP contribution in [-0.2, 0) is 26.2 Å². The van der Waals surface area contributed by atoms with Crippen molar-refractivity contribution in [3.05, 3.63) is 52.6 Å². The Labute approximate surface area is 187 Å². The van der Waals surface area contributed by atoms with E-state index in [4.69, 9.17) is 9.47 Å². The Morgan fingerprint density at radius 1 is 1.16 bits per heavy atom. The van der Waals surface area contributed by atoms with Crippen LogP contribution < -0.4 is 4.74 Å². The lowest BCUT2D eigenvalue weighted by Crippen LogP contribution is -2.31. The molecule has 0 spiro atoms. The van der Waals surface area contributed by atoms with Gasteiger partial charge in [0.2, 0.25) is 0 Å². The molecule has 0 bridgehead atoms. The van der Waals surface area contributed by atoms with Gasteiger partial charge in [0, 0.05) is 18.9 Å². The van der Waals surface area contributed by atoms with Crippen molar-refractivity contribution in [1.82, 2.24) is 0 Å². The average Bonchev–Trinajstić information content (AvgIpc) is 3.10. The molecule has 4 heteroatoms. The van der Waals surface area contributed by atoms with E-state index in [0.717, 1.165) is 61.8 Å². The van der Waals surface area contributed by atoms with Crippen molar-refractivity contribution in [2.24, 2.45) is 0 Å². The normalized spacial score (nSPS) is 18.7. The van der Waals surface area contributed by atoms with Crippen molar-refractivity contribution >= 4 is 11.8 Å². The van der Waals surface area contributed by atoms with Crippen LogP contribution in [0.5, 0.6) is 5.75 Å². The van der Waals surface area contributed by atoms with E-state index in [2.05, 4.69) is 45.1 Å². The second-order valence-corrected chi connectivity index (χ2v) is 8.91. The van der Waals surface area contributed by atoms with Crippen molar-refractivity contribution in [3.63, 3.8) is 0 Å². The first-order valence-electron chi connectivity index (χ1n) is 11.4. The summed E-state index contributed by atoms with van der Waals surface area (Å²) >= 11 is 0. The third-order valence-electron chi connectivity index (χ3n) is 6.13. The van der Waals surface area contributed by atoms with E-state index in [1.807, 2.05) is 6.07 Å². The van der Waals surface area contributed by atoms with E-state index in [1.54, 1.807) is 7.11 Å². The number of rotatable bonds is 11. The van der Waals surface area contributed by atoms with Gasteiger partial charge in [-0.15, -0.1) is 0 Å². The number of esters is 1. The molecule has 4 nitrogen and oxygen atoms in total. The lowest BCUT2D eigenvalue weighted by molar-refractivity contribution is -0.141. The van der Waals surface area contributed by atoms with Crippen LogP contribution in [-0.4, -0.2) is 25.5 Å². The zero-order valence-electron chi connectivity index (χ0n) is 19.9. The van der Waals surface area contributed by atoms with Gasteiger partial charge < -0.3 is 9.47 Å². The van der Waals surface area contributed by atoms with Gasteiger partial charge in [0.25, 0.3) is 0 Å². The molecule has 1 aromatic rings. The molecular formula is C27H38O4. The highest BCUT2D eigenvalue weighted by molar-refractivity contribution is 5.93. The Bertz CT molecular complexity index is 830. The van der Waals surface area contributed by atoms with Gasteiger partial charge in [0.1, 0.15) is 11.5 Å². The Morgan fingerprint density at radius 3 is 2.55 bits per heavy atom. The fourth-order valence-electron chi connectivity index (χ4n) is 4.36. The molecule has 1 saturated carbocycles. The molecule has 1 unspecified atom stereocenters. The van der Waals surface area contributed by atoms with Crippen LogP contribution in [0.15, 0.2) is 41.5 Å². The molecule has 1 aromatic carbocycles. The van der Waals surface area contributed by atoms with E-state index in [9.17, 15) is 9.59 Å². The molecule has 170 valence electrons. The van der Waals surface area contributed by atoms with Gasteiger partial charge >= 0.3 is 5.97 Å². The highest BCUT2D eigenvalue weighted by Crippen LogP contribution is 2.45. The first kappa shape index (κ1) is 24.9. The Morgan fingerprint density at radius 2 is 1.94 bits per heavy atom. The van der Waals surface area contributed by atoms with Gasteiger partial charge in [-0.2, -0.15) is 0 Å². The second kappa shape index (κ2) is 11.9. The van der Waals surface area contributed by atoms with Crippen molar-refractivity contribution < 1.29 is 19.1 Å². The first-order chi connectivity index (χ1) is 14.8. The number of ether oxygens (including phenoxy) is 2. The summed E-state index contributed by atoms with van der Waals surface area (Å²) in [6.07, 6.45) is 11.3. The standard InChI is InChI=1S/C27H38O4/c1-20(2)9-6-10-21(3)15-17-27(16-7-12-26(27)29)24-14-13-23(19-25(24)30-5)11-8-18-31-22(4)28/h9,13-15,19H,6-8,10-12,16-18H2,1-5H3/b21-15+. The van der Waals surface area contributed by atoms with E-state index in [1.165, 1.54) is 18.1 Å². The summed E-state index contributed by atoms with van der Waals surface area (Å²) < 4.78 is 10.8. The smallest absolute Gasteiger partial charge is 0.302 e. The number of carbonyl (C=O) groups is 2. The molecule has 0 heterocycles. The maximum Gasteiger partial charge on any atom is 0.302 e. The number of Topliss-reactive ketones (excluding diaryl/α,β-unsaturated/α-hetero) is 1. The van der Waals surface area contributed by atoms with Crippen LogP contribution in [0.25, 0.3) is 0 Å². The largest absolute Gasteiger partial charge is 0.496 e. The van der Waals surface area contributed by atoms with Gasteiger partial charge in [-0.05, 0) is 77.3 Å². The number of hydrogen-bond acceptors (Lipinski definition) is 4. The van der Waals surface area contributed by atoms with Gasteiger partial charge in [-0.3, -0.25) is 9.59 Å². The van der Waals surface area contributed by atoms with Gasteiger partial charge in [0.05, 0.1) is 19.1 Å². The van der Waals surface area contributed by atoms with E-state index >= 15 is 0 Å². The summed E-state index contributed by atoms with van der Waals surface area (Å²) in [5.74, 6) is 0.858. The van der Waals surface area contributed by atoms with Gasteiger partial charge in [-0.1, -0.05) is 35.4 Å². The minimum Gasteiger partial charge on any atom is -0.496 e. The van der Waals surface area contributed by atoms with Crippen molar-refractivity contribution in [2.45, 2.75) is 84.5 Å². The quantitative estimate of drug-likeness (QED) is 0.238. The summed E-state index contributed by atoms with van der Waals surface area (Å²) in [6.45, 7) is 8.25. The number of benzene rings is 1. The number of aryl methyl sites for hydroxylation is 1. The molecule has 1 fully saturated rings. The lowest BCUT2D eigenvalue weighted by atomic mass is 9.74. The van der Waals surface area contributed by atoms with Crippen LogP contribution in [0.1, 0.15) is 83.8 Å². The minimum atomic E-state index is -0.487. The summed E-state index contributed by atoms with van der Waals surface area (Å²) in [5, 5.41) is 0. The number of methoxy groups -OCH3 is 1. The summed E-state index contributed by atoms with van der Waals surface area (Å²) in [7, 11) is 1.68. The van der Waals surface area contributed by atoms with Crippen LogP contribution >= 0.6 is 0 Å². The predicted octanol–water partition coefficient (Wildman–Crippen LogP) is 6.26. The monoisotopic (exact) mass is 426 g/mol. The van der Waals surface area contributed by atoms with Gasteiger partial charge in [-0.25, -0.2) is 0 Å². The molecule has 0 aromatic heterocycles. The lowest BCUT2D eigenvalue weighted by Gasteiger charge is -2.29. The van der Waals surface area contributed by atoms with E-state index < -0.39 is 5.41 Å². The van der Waals surface area contributed by atoms with Crippen molar-refractivity contribution in [2.75, 3.05) is 13.7 Å². The number of allylic oxidation sites excluding steroid dienone is 4. The van der Waals surface area contributed by atoms with E-state index in [-0.39, 0.29) is 5.97 Å². The number of carbonyl (C=O) groups excluding carboxylic acids is 2. The molecule has 0 saturated heterocycles. The van der Waals surface area contributed by atoms with Gasteiger partial charge in [0.15, 0.2) is 0 Å². The Balaban J connectivity index is 2.20. The molecule has 1 aliphatic rings. The third kappa shape index (κ3) is 7.09. The summed E-state index contributed by atoms with van der Waals surface area (Å²) in [5.41, 5.74) is 4.32. The molecule has 0 aliphatic heterocycles. The highest BCUT2D eigenvalue weighted by atomic mass is 16.5. The molecule has 1 aliphatic carbocycles. The van der Waals surface area contributed by atoms with Crippen LogP contribution in [0.4, 0.5) is 0 Å². The molecule has 2 rings (SSSR count). The van der Waals surface area contributed by atoms with Crippen LogP contribution in [0.3, 0.4) is 0 Å². The topological polar surface area (TPSA) is 52.6 Å². The van der Waals surface area contributed by atoms with Crippen LogP contribution in [0, 0.1) is 0 Å². The zero-order valence-corrected chi connectivity index (χ0v) is 19.9. The first-order valence-corrected chi connectivity index (χ1v) is 11.4. The number of ketones is 1. The Hall–Kier alpha value is -2.36. The maximum atomic E-state index is 13.1. The Kier molecular flexibility index (Phi) is 9.54. The summed E-state index contributed by atoms with van der Waals surface area (Å²) in [6, 6.07) is 6.21. The molecule has 1 atom stereocenters. The molecule has 0 N–H and O–H groups in total. The fraction of sp³-hybridized carbons (Fsp3) is 0.556. The van der Waals surface area contributed by atoms with E-state index in [0.29, 0.717) is 18.8 Å². The zero-order chi connectivity index (χ0) is 22.9. The molecule has 0 amide bonds. The highest BCUT2D eigenvalue weighted by Gasteiger charge is 2.44. The van der Waals surface area contributed by atoms with Crippen molar-refractivity contribution in [1.29, 1.82) is 0 Å². The maximum absolute atomic E-state index is 13.1. The SMILES string of the molecule is COc1cc(CCCOC(C)=O)ccc1C1(C/C=C(\C)CCC=C(C)C)CCCC1=O. The predicted molar refractivity (Wildman–Crippen MR) is 126 cm³/mol. The molecular weight excluding hydrogens is 388 g/mol.